The van der Waals surface area contributed by atoms with E-state index in [1.807, 2.05) is 6.92 Å². The quantitative estimate of drug-likeness (QED) is 0.250. The average molecular weight is 502 g/mol. The van der Waals surface area contributed by atoms with Crippen molar-refractivity contribution >= 4 is 33.7 Å². The van der Waals surface area contributed by atoms with Gasteiger partial charge in [-0.05, 0) is 77.3 Å². The standard InChI is InChI=1S/C22H20BrN3O6/c1-3-30-20-11-16(12-24-25-22(27)19-9-4-14(2)32-19)10-18(23)21(20)31-13-15-5-7-17(8-6-15)26(28)29/h4-12H,3,13H2,1-2H3,(H,25,27)/b24-12+. The molecular formula is C22H20BrN3O6. The summed E-state index contributed by atoms with van der Waals surface area (Å²) < 4.78 is 17.5. The van der Waals surface area contributed by atoms with Crippen LogP contribution in [0.4, 0.5) is 5.69 Å². The van der Waals surface area contributed by atoms with Gasteiger partial charge in [-0.3, -0.25) is 14.9 Å². The molecule has 32 heavy (non-hydrogen) atoms. The summed E-state index contributed by atoms with van der Waals surface area (Å²) in [4.78, 5) is 22.3. The summed E-state index contributed by atoms with van der Waals surface area (Å²) in [6.45, 7) is 4.21. The fourth-order valence-corrected chi connectivity index (χ4v) is 3.29. The van der Waals surface area contributed by atoms with Gasteiger partial charge in [0.15, 0.2) is 17.3 Å². The Kier molecular flexibility index (Phi) is 7.61. The van der Waals surface area contributed by atoms with Crippen LogP contribution in [0.15, 0.2) is 62.5 Å². The molecule has 9 nitrogen and oxygen atoms in total. The van der Waals surface area contributed by atoms with Crippen LogP contribution in [-0.4, -0.2) is 23.7 Å². The molecule has 1 aromatic heterocycles. The molecule has 0 aliphatic carbocycles. The highest BCUT2D eigenvalue weighted by atomic mass is 79.9. The second-order valence-corrected chi connectivity index (χ2v) is 7.44. The van der Waals surface area contributed by atoms with Gasteiger partial charge in [0.2, 0.25) is 0 Å². The Morgan fingerprint density at radius 1 is 1.22 bits per heavy atom. The van der Waals surface area contributed by atoms with Gasteiger partial charge in [0, 0.05) is 12.1 Å². The van der Waals surface area contributed by atoms with Crippen LogP contribution in [-0.2, 0) is 6.61 Å². The van der Waals surface area contributed by atoms with Crippen molar-refractivity contribution in [3.8, 4) is 11.5 Å². The number of hydrogen-bond donors (Lipinski definition) is 1. The van der Waals surface area contributed by atoms with E-state index in [1.165, 1.54) is 18.3 Å². The van der Waals surface area contributed by atoms with Crippen LogP contribution in [0.25, 0.3) is 0 Å². The molecule has 0 spiro atoms. The van der Waals surface area contributed by atoms with Gasteiger partial charge in [-0.15, -0.1) is 0 Å². The normalized spacial score (nSPS) is 10.8. The Balaban J connectivity index is 1.70. The molecule has 0 aliphatic heterocycles. The van der Waals surface area contributed by atoms with Gasteiger partial charge < -0.3 is 13.9 Å². The number of non-ortho nitro benzene ring substituents is 1. The van der Waals surface area contributed by atoms with Crippen LogP contribution < -0.4 is 14.9 Å². The van der Waals surface area contributed by atoms with Crippen molar-refractivity contribution in [1.29, 1.82) is 0 Å². The van der Waals surface area contributed by atoms with Crippen LogP contribution >= 0.6 is 15.9 Å². The summed E-state index contributed by atoms with van der Waals surface area (Å²) in [7, 11) is 0. The molecule has 10 heteroatoms. The monoisotopic (exact) mass is 501 g/mol. The molecule has 0 saturated heterocycles. The first-order valence-electron chi connectivity index (χ1n) is 9.59. The average Bonchev–Trinajstić information content (AvgIpc) is 3.20. The van der Waals surface area contributed by atoms with Crippen LogP contribution in [0.5, 0.6) is 11.5 Å². The van der Waals surface area contributed by atoms with Crippen molar-refractivity contribution in [3.63, 3.8) is 0 Å². The summed E-state index contributed by atoms with van der Waals surface area (Å²) >= 11 is 3.47. The number of furan rings is 1. The largest absolute Gasteiger partial charge is 0.490 e. The minimum Gasteiger partial charge on any atom is -0.490 e. The fourth-order valence-electron chi connectivity index (χ4n) is 2.71. The van der Waals surface area contributed by atoms with Crippen molar-refractivity contribution in [2.45, 2.75) is 20.5 Å². The number of nitrogens with one attached hydrogen (secondary N) is 1. The summed E-state index contributed by atoms with van der Waals surface area (Å²) in [5, 5.41) is 14.7. The number of rotatable bonds is 9. The van der Waals surface area contributed by atoms with Gasteiger partial charge in [-0.2, -0.15) is 5.10 Å². The molecule has 166 valence electrons. The minimum atomic E-state index is -0.457. The third-order valence-electron chi connectivity index (χ3n) is 4.21. The van der Waals surface area contributed by atoms with Crippen LogP contribution in [0.2, 0.25) is 0 Å². The van der Waals surface area contributed by atoms with Crippen LogP contribution in [0, 0.1) is 17.0 Å². The third-order valence-corrected chi connectivity index (χ3v) is 4.79. The molecule has 0 aliphatic rings. The number of nitro groups is 1. The van der Waals surface area contributed by atoms with E-state index in [9.17, 15) is 14.9 Å². The first-order chi connectivity index (χ1) is 15.4. The number of nitro benzene ring substituents is 1. The number of hydrogen-bond acceptors (Lipinski definition) is 7. The van der Waals surface area contributed by atoms with Gasteiger partial charge in [-0.25, -0.2) is 5.43 Å². The van der Waals surface area contributed by atoms with E-state index in [2.05, 4.69) is 26.5 Å². The lowest BCUT2D eigenvalue weighted by Gasteiger charge is -2.14. The lowest BCUT2D eigenvalue weighted by atomic mass is 10.2. The zero-order chi connectivity index (χ0) is 23.1. The Morgan fingerprint density at radius 2 is 1.97 bits per heavy atom. The number of nitrogens with zero attached hydrogens (tertiary/aromatic N) is 2. The van der Waals surface area contributed by atoms with Gasteiger partial charge in [0.1, 0.15) is 12.4 Å². The SMILES string of the molecule is CCOc1cc(/C=N/NC(=O)c2ccc(C)o2)cc(Br)c1OCc1ccc([N+](=O)[O-])cc1. The zero-order valence-electron chi connectivity index (χ0n) is 17.3. The van der Waals surface area contributed by atoms with Gasteiger partial charge in [-0.1, -0.05) is 0 Å². The predicted octanol–water partition coefficient (Wildman–Crippen LogP) is 5.00. The maximum Gasteiger partial charge on any atom is 0.307 e. The topological polar surface area (TPSA) is 116 Å². The molecule has 1 amide bonds. The Bertz CT molecular complexity index is 1140. The lowest BCUT2D eigenvalue weighted by molar-refractivity contribution is -0.384. The van der Waals surface area contributed by atoms with Crippen molar-refractivity contribution in [3.05, 3.63) is 85.8 Å². The fraction of sp³-hybridized carbons (Fsp3) is 0.182. The first-order valence-corrected chi connectivity index (χ1v) is 10.4. The first kappa shape index (κ1) is 23.0. The van der Waals surface area contributed by atoms with E-state index in [0.29, 0.717) is 33.9 Å². The number of amides is 1. The second kappa shape index (κ2) is 10.6. The van der Waals surface area contributed by atoms with Gasteiger partial charge in [0.25, 0.3) is 5.69 Å². The Labute approximate surface area is 192 Å². The highest BCUT2D eigenvalue weighted by Gasteiger charge is 2.13. The zero-order valence-corrected chi connectivity index (χ0v) is 18.9. The molecule has 0 atom stereocenters. The molecule has 0 bridgehead atoms. The number of halogens is 1. The van der Waals surface area contributed by atoms with E-state index in [4.69, 9.17) is 13.9 Å². The van der Waals surface area contributed by atoms with Crippen molar-refractivity contribution < 1.29 is 23.6 Å². The van der Waals surface area contributed by atoms with E-state index >= 15 is 0 Å². The summed E-state index contributed by atoms with van der Waals surface area (Å²) in [6.07, 6.45) is 1.47. The number of benzene rings is 2. The maximum absolute atomic E-state index is 12.0. The molecule has 0 radical (unpaired) electrons. The number of carbonyl (C=O) groups excluding carboxylic acids is 1. The summed E-state index contributed by atoms with van der Waals surface area (Å²) in [6, 6.07) is 12.9. The molecule has 0 fully saturated rings. The molecule has 3 aromatic rings. The Morgan fingerprint density at radius 3 is 2.59 bits per heavy atom. The molecular weight excluding hydrogens is 482 g/mol. The molecule has 3 rings (SSSR count). The lowest BCUT2D eigenvalue weighted by Crippen LogP contribution is -2.16. The molecule has 0 saturated carbocycles. The molecule has 2 aromatic carbocycles. The molecule has 0 unspecified atom stereocenters. The number of ether oxygens (including phenoxy) is 2. The smallest absolute Gasteiger partial charge is 0.307 e. The third kappa shape index (κ3) is 5.94. The van der Waals surface area contributed by atoms with E-state index in [0.717, 1.165) is 5.56 Å². The van der Waals surface area contributed by atoms with Crippen LogP contribution in [0.3, 0.4) is 0 Å². The maximum atomic E-state index is 12.0. The van der Waals surface area contributed by atoms with Gasteiger partial charge in [0.05, 0.1) is 22.2 Å². The summed E-state index contributed by atoms with van der Waals surface area (Å²) in [5.41, 5.74) is 3.86. The van der Waals surface area contributed by atoms with E-state index in [1.54, 1.807) is 43.3 Å². The van der Waals surface area contributed by atoms with Crippen molar-refractivity contribution in [1.82, 2.24) is 5.43 Å². The minimum absolute atomic E-state index is 0.0165. The van der Waals surface area contributed by atoms with Crippen molar-refractivity contribution in [2.75, 3.05) is 6.61 Å². The van der Waals surface area contributed by atoms with E-state index < -0.39 is 10.8 Å². The molecule has 1 heterocycles. The van der Waals surface area contributed by atoms with E-state index in [-0.39, 0.29) is 18.1 Å². The second-order valence-electron chi connectivity index (χ2n) is 6.58. The molecule has 1 N–H and O–H groups in total. The number of carbonyl (C=O) groups is 1. The highest BCUT2D eigenvalue weighted by molar-refractivity contribution is 9.10. The van der Waals surface area contributed by atoms with Crippen molar-refractivity contribution in [2.24, 2.45) is 5.10 Å². The number of aryl methyl sites for hydroxylation is 1. The number of hydrazone groups is 1. The highest BCUT2D eigenvalue weighted by Crippen LogP contribution is 2.37. The van der Waals surface area contributed by atoms with Crippen LogP contribution in [0.1, 0.15) is 34.4 Å². The summed E-state index contributed by atoms with van der Waals surface area (Å²) in [5.74, 6) is 1.32. The predicted molar refractivity (Wildman–Crippen MR) is 121 cm³/mol. The van der Waals surface area contributed by atoms with Gasteiger partial charge >= 0.3 is 5.91 Å². The Hall–Kier alpha value is -3.66.